The zero-order chi connectivity index (χ0) is 17.6. The van der Waals surface area contributed by atoms with E-state index in [-0.39, 0.29) is 10.9 Å². The molecule has 0 aliphatic carbocycles. The summed E-state index contributed by atoms with van der Waals surface area (Å²) in [7, 11) is -3.56. The smallest absolute Gasteiger partial charge is 0.246 e. The summed E-state index contributed by atoms with van der Waals surface area (Å²) in [6.07, 6.45) is 9.12. The maximum Gasteiger partial charge on any atom is 0.246 e. The first-order valence-corrected chi connectivity index (χ1v) is 10.3. The lowest BCUT2D eigenvalue weighted by atomic mass is 10.2. The number of benzene rings is 1. The van der Waals surface area contributed by atoms with Gasteiger partial charge in [-0.3, -0.25) is 0 Å². The lowest BCUT2D eigenvalue weighted by molar-refractivity contribution is 0.299. The summed E-state index contributed by atoms with van der Waals surface area (Å²) in [5.41, 5.74) is 1.00. The van der Waals surface area contributed by atoms with Crippen LogP contribution in [-0.4, -0.2) is 31.9 Å². The lowest BCUT2D eigenvalue weighted by Crippen LogP contribution is -2.38. The van der Waals surface area contributed by atoms with Crippen molar-refractivity contribution < 1.29 is 13.2 Å². The topological polar surface area (TPSA) is 46.6 Å². The maximum atomic E-state index is 13.2. The summed E-state index contributed by atoms with van der Waals surface area (Å²) in [6, 6.07) is 5.27. The zero-order valence-electron chi connectivity index (χ0n) is 15.0. The highest BCUT2D eigenvalue weighted by molar-refractivity contribution is 7.89. The first kappa shape index (κ1) is 19.0. The van der Waals surface area contributed by atoms with Gasteiger partial charge in [-0.2, -0.15) is 4.31 Å². The third kappa shape index (κ3) is 4.84. The molecule has 2 rings (SSSR count). The van der Waals surface area contributed by atoms with Gasteiger partial charge in [0.05, 0.1) is 6.61 Å². The minimum atomic E-state index is -3.56. The maximum absolute atomic E-state index is 13.2. The molecule has 4 nitrogen and oxygen atoms in total. The van der Waals surface area contributed by atoms with E-state index in [1.54, 1.807) is 10.4 Å². The SMILES string of the molecule is Cc1ccc2c(c1)OCCCC=CCCCCN(C(C)C)S2(=O)=O. The molecule has 0 saturated heterocycles. The minimum Gasteiger partial charge on any atom is -0.492 e. The monoisotopic (exact) mass is 351 g/mol. The molecule has 0 spiro atoms. The number of fused-ring (bicyclic) bond motifs is 1. The molecule has 0 aromatic heterocycles. The van der Waals surface area contributed by atoms with Crippen molar-refractivity contribution in [2.24, 2.45) is 0 Å². The molecule has 0 amide bonds. The molecule has 134 valence electrons. The van der Waals surface area contributed by atoms with Crippen LogP contribution in [0.2, 0.25) is 0 Å². The molecule has 1 aliphatic rings. The fourth-order valence-electron chi connectivity index (χ4n) is 2.87. The average Bonchev–Trinajstić information content (AvgIpc) is 2.51. The van der Waals surface area contributed by atoms with Gasteiger partial charge < -0.3 is 4.74 Å². The van der Waals surface area contributed by atoms with Crippen LogP contribution in [0.1, 0.15) is 51.5 Å². The molecule has 0 atom stereocenters. The van der Waals surface area contributed by atoms with Gasteiger partial charge in [0.15, 0.2) is 0 Å². The molecule has 0 bridgehead atoms. The third-order valence-electron chi connectivity index (χ3n) is 4.20. The molecule has 1 aromatic carbocycles. The molecule has 5 heteroatoms. The fraction of sp³-hybridized carbons (Fsp3) is 0.579. The highest BCUT2D eigenvalue weighted by atomic mass is 32.2. The normalized spacial score (nSPS) is 20.2. The van der Waals surface area contributed by atoms with Crippen LogP contribution in [-0.2, 0) is 10.0 Å². The number of nitrogens with zero attached hydrogens (tertiary/aromatic N) is 1. The first-order chi connectivity index (χ1) is 11.4. The van der Waals surface area contributed by atoms with Crippen molar-refractivity contribution in [2.75, 3.05) is 13.2 Å². The van der Waals surface area contributed by atoms with Gasteiger partial charge in [-0.1, -0.05) is 18.2 Å². The van der Waals surface area contributed by atoms with Crippen molar-refractivity contribution in [1.29, 1.82) is 0 Å². The predicted octanol–water partition coefficient (Wildman–Crippen LogP) is 4.29. The first-order valence-electron chi connectivity index (χ1n) is 8.83. The van der Waals surface area contributed by atoms with Crippen molar-refractivity contribution in [3.8, 4) is 5.75 Å². The standard InChI is InChI=1S/C19H29NO3S/c1-16(2)20-13-9-7-5-4-6-8-10-14-23-18-15-17(3)11-12-19(18)24(20,21)22/h4,6,11-12,15-16H,5,7-10,13-14H2,1-3H3. The van der Waals surface area contributed by atoms with Crippen LogP contribution in [0, 0.1) is 6.92 Å². The lowest BCUT2D eigenvalue weighted by Gasteiger charge is -2.27. The van der Waals surface area contributed by atoms with E-state index in [9.17, 15) is 8.42 Å². The van der Waals surface area contributed by atoms with Gasteiger partial charge in [-0.25, -0.2) is 8.42 Å². The summed E-state index contributed by atoms with van der Waals surface area (Å²) in [4.78, 5) is 0.286. The van der Waals surface area contributed by atoms with Crippen molar-refractivity contribution in [3.05, 3.63) is 35.9 Å². The second kappa shape index (κ2) is 8.67. The number of ether oxygens (including phenoxy) is 1. The Balaban J connectivity index is 2.40. The summed E-state index contributed by atoms with van der Waals surface area (Å²) in [5, 5.41) is 0. The van der Waals surface area contributed by atoms with Crippen LogP contribution >= 0.6 is 0 Å². The van der Waals surface area contributed by atoms with Gasteiger partial charge in [0.25, 0.3) is 0 Å². The van der Waals surface area contributed by atoms with Crippen LogP contribution in [0.15, 0.2) is 35.2 Å². The predicted molar refractivity (Wildman–Crippen MR) is 97.9 cm³/mol. The van der Waals surface area contributed by atoms with E-state index in [0.717, 1.165) is 37.7 Å². The Bertz CT molecular complexity index is 665. The zero-order valence-corrected chi connectivity index (χ0v) is 15.8. The molecular weight excluding hydrogens is 322 g/mol. The molecular formula is C19H29NO3S. The van der Waals surface area contributed by atoms with Gasteiger partial charge in [-0.05, 0) is 70.6 Å². The van der Waals surface area contributed by atoms with Gasteiger partial charge in [0, 0.05) is 12.6 Å². The van der Waals surface area contributed by atoms with Gasteiger partial charge in [-0.15, -0.1) is 0 Å². The molecule has 0 radical (unpaired) electrons. The molecule has 24 heavy (non-hydrogen) atoms. The van der Waals surface area contributed by atoms with Gasteiger partial charge >= 0.3 is 0 Å². The van der Waals surface area contributed by atoms with E-state index < -0.39 is 10.0 Å². The van der Waals surface area contributed by atoms with Crippen LogP contribution in [0.3, 0.4) is 0 Å². The summed E-state index contributed by atoms with van der Waals surface area (Å²) in [5.74, 6) is 0.474. The molecule has 1 aliphatic heterocycles. The van der Waals surface area contributed by atoms with Crippen LogP contribution in [0.25, 0.3) is 0 Å². The Kier molecular flexibility index (Phi) is 6.87. The Morgan fingerprint density at radius 3 is 2.50 bits per heavy atom. The average molecular weight is 352 g/mol. The highest BCUT2D eigenvalue weighted by Crippen LogP contribution is 2.29. The van der Waals surface area contributed by atoms with Gasteiger partial charge in [0.2, 0.25) is 10.0 Å². The third-order valence-corrected chi connectivity index (χ3v) is 6.32. The van der Waals surface area contributed by atoms with E-state index in [1.165, 1.54) is 0 Å². The number of allylic oxidation sites excluding steroid dienone is 2. The number of aryl methyl sites for hydroxylation is 1. The number of sulfonamides is 1. The van der Waals surface area contributed by atoms with E-state index in [2.05, 4.69) is 12.2 Å². The Hall–Kier alpha value is -1.33. The highest BCUT2D eigenvalue weighted by Gasteiger charge is 2.29. The Morgan fingerprint density at radius 1 is 1.08 bits per heavy atom. The molecule has 1 aromatic rings. The fourth-order valence-corrected chi connectivity index (χ4v) is 4.66. The van der Waals surface area contributed by atoms with E-state index in [1.807, 2.05) is 32.9 Å². The van der Waals surface area contributed by atoms with E-state index >= 15 is 0 Å². The molecule has 0 saturated carbocycles. The Labute approximate surface area is 146 Å². The number of hydrogen-bond donors (Lipinski definition) is 0. The van der Waals surface area contributed by atoms with Crippen molar-refractivity contribution in [3.63, 3.8) is 0 Å². The quantitative estimate of drug-likeness (QED) is 0.709. The van der Waals surface area contributed by atoms with Crippen LogP contribution in [0.4, 0.5) is 0 Å². The molecule has 0 fully saturated rings. The summed E-state index contributed by atoms with van der Waals surface area (Å²) in [6.45, 7) is 6.87. The van der Waals surface area contributed by atoms with Crippen LogP contribution < -0.4 is 4.74 Å². The summed E-state index contributed by atoms with van der Waals surface area (Å²) >= 11 is 0. The molecule has 0 N–H and O–H groups in total. The number of rotatable bonds is 1. The van der Waals surface area contributed by atoms with Crippen LogP contribution in [0.5, 0.6) is 5.75 Å². The Morgan fingerprint density at radius 2 is 1.79 bits per heavy atom. The van der Waals surface area contributed by atoms with Crippen molar-refractivity contribution >= 4 is 10.0 Å². The van der Waals surface area contributed by atoms with Crippen molar-refractivity contribution in [1.82, 2.24) is 4.31 Å². The van der Waals surface area contributed by atoms with E-state index in [4.69, 9.17) is 4.74 Å². The van der Waals surface area contributed by atoms with Gasteiger partial charge in [0.1, 0.15) is 10.6 Å². The minimum absolute atomic E-state index is 0.0763. The second-order valence-corrected chi connectivity index (χ2v) is 8.48. The molecule has 0 unspecified atom stereocenters. The summed E-state index contributed by atoms with van der Waals surface area (Å²) < 4.78 is 33.8. The van der Waals surface area contributed by atoms with E-state index in [0.29, 0.717) is 18.9 Å². The number of hydrogen-bond acceptors (Lipinski definition) is 3. The largest absolute Gasteiger partial charge is 0.492 e. The van der Waals surface area contributed by atoms with Crippen molar-refractivity contribution in [2.45, 2.75) is 63.8 Å². The molecule has 1 heterocycles. The second-order valence-electron chi connectivity index (χ2n) is 6.62.